The highest BCUT2D eigenvalue weighted by atomic mass is 35.5. The Kier molecular flexibility index (Phi) is 4.40. The number of aliphatic hydroxyl groups excluding tert-OH is 1. The first-order valence-corrected chi connectivity index (χ1v) is 7.90. The van der Waals surface area contributed by atoms with Crippen LogP contribution in [0.3, 0.4) is 0 Å². The molecular formula is C16H18ClFN2O3. The zero-order valence-electron chi connectivity index (χ0n) is 12.8. The Bertz CT molecular complexity index is 657. The van der Waals surface area contributed by atoms with Crippen LogP contribution < -0.4 is 5.01 Å². The van der Waals surface area contributed by atoms with Gasteiger partial charge in [-0.25, -0.2) is 4.39 Å². The lowest BCUT2D eigenvalue weighted by atomic mass is 9.70. The molecule has 1 N–H and O–H groups in total. The van der Waals surface area contributed by atoms with Crippen LogP contribution in [0.2, 0.25) is 5.02 Å². The summed E-state index contributed by atoms with van der Waals surface area (Å²) in [4.78, 5) is 13.0. The number of halogens is 2. The number of benzene rings is 1. The van der Waals surface area contributed by atoms with Crippen molar-refractivity contribution >= 4 is 28.9 Å². The van der Waals surface area contributed by atoms with Crippen molar-refractivity contribution in [1.82, 2.24) is 0 Å². The highest BCUT2D eigenvalue weighted by molar-refractivity contribution is 6.34. The van der Waals surface area contributed by atoms with Crippen LogP contribution in [0.4, 0.5) is 10.1 Å². The van der Waals surface area contributed by atoms with Crippen LogP contribution in [0.1, 0.15) is 25.7 Å². The molecule has 1 aliphatic heterocycles. The molecule has 1 aliphatic carbocycles. The summed E-state index contributed by atoms with van der Waals surface area (Å²) >= 11 is 6.08. The Balaban J connectivity index is 1.99. The van der Waals surface area contributed by atoms with E-state index in [1.807, 2.05) is 0 Å². The minimum absolute atomic E-state index is 0.131. The van der Waals surface area contributed by atoms with E-state index in [2.05, 4.69) is 5.10 Å². The average Bonchev–Trinajstić information content (AvgIpc) is 2.77. The Labute approximate surface area is 138 Å². The van der Waals surface area contributed by atoms with E-state index in [0.717, 1.165) is 6.07 Å². The third-order valence-electron chi connectivity index (χ3n) is 4.60. The van der Waals surface area contributed by atoms with Gasteiger partial charge in [0.2, 0.25) is 0 Å². The molecule has 1 heterocycles. The highest BCUT2D eigenvalue weighted by Crippen LogP contribution is 2.45. The Hall–Kier alpha value is -1.50. The molecule has 5 nitrogen and oxygen atoms in total. The van der Waals surface area contributed by atoms with Gasteiger partial charge in [0.05, 0.1) is 34.5 Å². The summed E-state index contributed by atoms with van der Waals surface area (Å²) in [6.07, 6.45) is 1.73. The molecule has 1 spiro atoms. The number of rotatable bonds is 3. The van der Waals surface area contributed by atoms with E-state index in [1.54, 1.807) is 7.11 Å². The molecule has 3 rings (SSSR count). The summed E-state index contributed by atoms with van der Waals surface area (Å²) in [6.45, 7) is 0.233. The van der Waals surface area contributed by atoms with Crippen molar-refractivity contribution in [1.29, 1.82) is 0 Å². The molecule has 0 radical (unpaired) electrons. The minimum Gasteiger partial charge on any atom is -0.393 e. The number of hydrogen-bond donors (Lipinski definition) is 1. The zero-order valence-corrected chi connectivity index (χ0v) is 13.5. The van der Waals surface area contributed by atoms with E-state index < -0.39 is 11.2 Å². The lowest BCUT2D eigenvalue weighted by Gasteiger charge is -2.34. The molecule has 0 unspecified atom stereocenters. The number of nitrogens with zero attached hydrogens (tertiary/aromatic N) is 2. The fourth-order valence-corrected chi connectivity index (χ4v) is 3.55. The molecular weight excluding hydrogens is 323 g/mol. The van der Waals surface area contributed by atoms with Crippen LogP contribution in [0.5, 0.6) is 0 Å². The van der Waals surface area contributed by atoms with E-state index in [9.17, 15) is 14.3 Å². The molecule has 1 fully saturated rings. The molecule has 0 saturated heterocycles. The van der Waals surface area contributed by atoms with E-state index in [1.165, 1.54) is 17.1 Å². The van der Waals surface area contributed by atoms with Gasteiger partial charge in [-0.05, 0) is 43.9 Å². The number of amides is 1. The SMILES string of the molecule is COCC1=NN(c2ccc(F)cc2Cl)C(=O)C12CCC(O)CC2. The van der Waals surface area contributed by atoms with Gasteiger partial charge in [-0.2, -0.15) is 10.1 Å². The first-order chi connectivity index (χ1) is 11.0. The van der Waals surface area contributed by atoms with Crippen molar-refractivity contribution in [2.75, 3.05) is 18.7 Å². The zero-order chi connectivity index (χ0) is 16.6. The fraction of sp³-hybridized carbons (Fsp3) is 0.500. The molecule has 2 aliphatic rings. The first-order valence-electron chi connectivity index (χ1n) is 7.52. The summed E-state index contributed by atoms with van der Waals surface area (Å²) in [5.74, 6) is -0.660. The quantitative estimate of drug-likeness (QED) is 0.920. The predicted molar refractivity (Wildman–Crippen MR) is 85.1 cm³/mol. The number of carbonyl (C=O) groups excluding carboxylic acids is 1. The van der Waals surface area contributed by atoms with Gasteiger partial charge in [-0.15, -0.1) is 0 Å². The second kappa shape index (κ2) is 6.19. The number of hydrogen-bond acceptors (Lipinski definition) is 4. The topological polar surface area (TPSA) is 62.1 Å². The van der Waals surface area contributed by atoms with Gasteiger partial charge in [0.25, 0.3) is 5.91 Å². The van der Waals surface area contributed by atoms with Crippen LogP contribution in [-0.2, 0) is 9.53 Å². The number of aliphatic hydroxyl groups is 1. The second-order valence-corrected chi connectivity index (χ2v) is 6.41. The summed E-state index contributed by atoms with van der Waals surface area (Å²) in [5, 5.41) is 15.5. The molecule has 1 amide bonds. The molecule has 0 aromatic heterocycles. The fourth-order valence-electron chi connectivity index (χ4n) is 3.31. The molecule has 0 atom stereocenters. The van der Waals surface area contributed by atoms with Crippen LogP contribution in [0.25, 0.3) is 0 Å². The normalized spacial score (nSPS) is 27.7. The molecule has 1 aromatic rings. The lowest BCUT2D eigenvalue weighted by Crippen LogP contribution is -2.44. The summed E-state index contributed by atoms with van der Waals surface area (Å²) in [7, 11) is 1.55. The van der Waals surface area contributed by atoms with Crippen molar-refractivity contribution in [2.45, 2.75) is 31.8 Å². The van der Waals surface area contributed by atoms with Crippen LogP contribution in [0.15, 0.2) is 23.3 Å². The van der Waals surface area contributed by atoms with Crippen molar-refractivity contribution < 1.29 is 19.0 Å². The summed E-state index contributed by atoms with van der Waals surface area (Å²) in [5.41, 5.74) is 0.236. The van der Waals surface area contributed by atoms with Gasteiger partial charge >= 0.3 is 0 Å². The molecule has 1 aromatic carbocycles. The maximum atomic E-state index is 13.2. The van der Waals surface area contributed by atoms with Gasteiger partial charge in [0.1, 0.15) is 5.82 Å². The van der Waals surface area contributed by atoms with Gasteiger partial charge in [0, 0.05) is 7.11 Å². The monoisotopic (exact) mass is 340 g/mol. The molecule has 23 heavy (non-hydrogen) atoms. The summed E-state index contributed by atoms with van der Waals surface area (Å²) < 4.78 is 18.4. The van der Waals surface area contributed by atoms with Crippen LogP contribution >= 0.6 is 11.6 Å². The molecule has 124 valence electrons. The largest absolute Gasteiger partial charge is 0.393 e. The van der Waals surface area contributed by atoms with Crippen molar-refractivity contribution in [3.63, 3.8) is 0 Å². The number of carbonyl (C=O) groups is 1. The van der Waals surface area contributed by atoms with Crippen molar-refractivity contribution in [3.05, 3.63) is 29.0 Å². The number of hydrazone groups is 1. The Morgan fingerprint density at radius 3 is 2.78 bits per heavy atom. The van der Waals surface area contributed by atoms with Crippen LogP contribution in [0, 0.1) is 11.2 Å². The number of anilines is 1. The smallest absolute Gasteiger partial charge is 0.259 e. The standard InChI is InChI=1S/C16H18ClFN2O3/c1-23-9-14-16(6-4-11(21)5-7-16)15(22)20(19-14)13-3-2-10(18)8-12(13)17/h2-3,8,11,21H,4-7,9H2,1H3. The van der Waals surface area contributed by atoms with Gasteiger partial charge in [-0.1, -0.05) is 11.6 Å². The lowest BCUT2D eigenvalue weighted by molar-refractivity contribution is -0.126. The summed E-state index contributed by atoms with van der Waals surface area (Å²) in [6, 6.07) is 3.85. The maximum Gasteiger partial charge on any atom is 0.259 e. The highest BCUT2D eigenvalue weighted by Gasteiger charge is 2.52. The van der Waals surface area contributed by atoms with E-state index in [-0.39, 0.29) is 23.6 Å². The average molecular weight is 341 g/mol. The first kappa shape index (κ1) is 16.4. The number of methoxy groups -OCH3 is 1. The predicted octanol–water partition coefficient (Wildman–Crippen LogP) is 2.75. The number of ether oxygens (including phenoxy) is 1. The third kappa shape index (κ3) is 2.75. The Morgan fingerprint density at radius 1 is 1.48 bits per heavy atom. The van der Waals surface area contributed by atoms with Gasteiger partial charge in [0.15, 0.2) is 0 Å². The van der Waals surface area contributed by atoms with Crippen LogP contribution in [-0.4, -0.2) is 36.5 Å². The minimum atomic E-state index is -0.757. The molecule has 7 heteroatoms. The second-order valence-electron chi connectivity index (χ2n) is 6.01. The Morgan fingerprint density at radius 2 is 2.17 bits per heavy atom. The molecule has 0 bridgehead atoms. The van der Waals surface area contributed by atoms with Gasteiger partial charge in [-0.3, -0.25) is 4.79 Å². The van der Waals surface area contributed by atoms with E-state index in [0.29, 0.717) is 37.1 Å². The third-order valence-corrected chi connectivity index (χ3v) is 4.91. The van der Waals surface area contributed by atoms with Crippen molar-refractivity contribution in [2.24, 2.45) is 10.5 Å². The van der Waals surface area contributed by atoms with E-state index >= 15 is 0 Å². The maximum absolute atomic E-state index is 13.2. The molecule has 1 saturated carbocycles. The van der Waals surface area contributed by atoms with Gasteiger partial charge < -0.3 is 9.84 Å². The van der Waals surface area contributed by atoms with E-state index in [4.69, 9.17) is 16.3 Å². The van der Waals surface area contributed by atoms with Crippen molar-refractivity contribution in [3.8, 4) is 0 Å².